The number of aliphatic hydroxyl groups is 1. The van der Waals surface area contributed by atoms with Gasteiger partial charge < -0.3 is 19.6 Å². The number of ether oxygens (including phenoxy) is 1. The molecule has 0 bridgehead atoms. The van der Waals surface area contributed by atoms with Crippen LogP contribution in [0, 0.1) is 0 Å². The largest absolute Gasteiger partial charge is 0.488 e. The first kappa shape index (κ1) is 18.1. The smallest absolute Gasteiger partial charge is 0.251 e. The molecule has 24 heavy (non-hydrogen) atoms. The van der Waals surface area contributed by atoms with E-state index in [-0.39, 0.29) is 17.6 Å². The summed E-state index contributed by atoms with van der Waals surface area (Å²) in [6, 6.07) is 10.3. The summed E-state index contributed by atoms with van der Waals surface area (Å²) in [6.45, 7) is 7.76. The maximum absolute atomic E-state index is 12.3. The first-order valence-corrected chi connectivity index (χ1v) is 8.06. The van der Waals surface area contributed by atoms with Crippen molar-refractivity contribution >= 4 is 5.91 Å². The van der Waals surface area contributed by atoms with E-state index in [9.17, 15) is 9.90 Å². The normalized spacial score (nSPS) is 14.0. The van der Waals surface area contributed by atoms with Gasteiger partial charge in [-0.05, 0) is 64.1 Å². The molecule has 1 aromatic carbocycles. The fourth-order valence-electron chi connectivity index (χ4n) is 2.33. The minimum atomic E-state index is -0.738. The van der Waals surface area contributed by atoms with Crippen molar-refractivity contribution in [2.75, 3.05) is 0 Å². The number of benzene rings is 1. The van der Waals surface area contributed by atoms with Gasteiger partial charge in [-0.3, -0.25) is 4.79 Å². The molecule has 0 saturated heterocycles. The molecule has 0 radical (unpaired) electrons. The first-order chi connectivity index (χ1) is 11.2. The number of carbonyl (C=O) groups excluding carboxylic acids is 1. The molecule has 1 heterocycles. The van der Waals surface area contributed by atoms with Crippen LogP contribution in [0.2, 0.25) is 0 Å². The van der Waals surface area contributed by atoms with Gasteiger partial charge in [0.15, 0.2) is 0 Å². The number of aliphatic hydroxyl groups excluding tert-OH is 1. The second-order valence-corrected chi connectivity index (χ2v) is 6.88. The van der Waals surface area contributed by atoms with Gasteiger partial charge in [-0.2, -0.15) is 0 Å². The molecule has 2 unspecified atom stereocenters. The lowest BCUT2D eigenvalue weighted by atomic mass is 10.1. The summed E-state index contributed by atoms with van der Waals surface area (Å²) in [5, 5.41) is 12.9. The molecule has 0 fully saturated rings. The van der Waals surface area contributed by atoms with E-state index in [0.29, 0.717) is 17.7 Å². The van der Waals surface area contributed by atoms with E-state index in [1.165, 1.54) is 6.26 Å². The summed E-state index contributed by atoms with van der Waals surface area (Å²) >= 11 is 0. The number of nitrogens with one attached hydrogen (secondary N) is 1. The zero-order valence-electron chi connectivity index (χ0n) is 14.6. The molecule has 0 aliphatic carbocycles. The number of hydrogen-bond acceptors (Lipinski definition) is 4. The lowest BCUT2D eigenvalue weighted by molar-refractivity contribution is 0.0903. The minimum Gasteiger partial charge on any atom is -0.488 e. The Labute approximate surface area is 142 Å². The fraction of sp³-hybridized carbons (Fsp3) is 0.421. The lowest BCUT2D eigenvalue weighted by Crippen LogP contribution is -2.33. The standard InChI is InChI=1S/C19H25NO4/c1-13(12-16(21)17-6-5-11-23-17)20-18(22)14-7-9-15(10-8-14)24-19(2,3)4/h5-11,13,16,21H,12H2,1-4H3,(H,20,22). The lowest BCUT2D eigenvalue weighted by Gasteiger charge is -2.21. The third kappa shape index (κ3) is 5.42. The Balaban J connectivity index is 1.89. The van der Waals surface area contributed by atoms with Gasteiger partial charge in [0.2, 0.25) is 0 Å². The van der Waals surface area contributed by atoms with Gasteiger partial charge in [-0.25, -0.2) is 0 Å². The van der Waals surface area contributed by atoms with E-state index in [0.717, 1.165) is 5.75 Å². The van der Waals surface area contributed by atoms with Crippen LogP contribution in [0.1, 0.15) is 56.3 Å². The number of hydrogen-bond donors (Lipinski definition) is 2. The third-order valence-electron chi connectivity index (χ3n) is 3.37. The number of carbonyl (C=O) groups is 1. The van der Waals surface area contributed by atoms with E-state index < -0.39 is 6.10 Å². The number of rotatable bonds is 6. The van der Waals surface area contributed by atoms with Gasteiger partial charge in [0.25, 0.3) is 5.91 Å². The predicted octanol–water partition coefficient (Wildman–Crippen LogP) is 3.70. The average molecular weight is 331 g/mol. The van der Waals surface area contributed by atoms with Crippen molar-refractivity contribution in [3.05, 3.63) is 54.0 Å². The second kappa shape index (κ2) is 7.53. The van der Waals surface area contributed by atoms with Crippen LogP contribution in [-0.2, 0) is 0 Å². The Morgan fingerprint density at radius 1 is 1.25 bits per heavy atom. The van der Waals surface area contributed by atoms with Crippen LogP contribution < -0.4 is 10.1 Å². The third-order valence-corrected chi connectivity index (χ3v) is 3.37. The van der Waals surface area contributed by atoms with E-state index in [1.54, 1.807) is 36.4 Å². The highest BCUT2D eigenvalue weighted by Gasteiger charge is 2.17. The highest BCUT2D eigenvalue weighted by Crippen LogP contribution is 2.20. The minimum absolute atomic E-state index is 0.184. The zero-order chi connectivity index (χ0) is 17.7. The predicted molar refractivity (Wildman–Crippen MR) is 92.0 cm³/mol. The Morgan fingerprint density at radius 3 is 2.46 bits per heavy atom. The summed E-state index contributed by atoms with van der Waals surface area (Å²) in [5.74, 6) is 1.04. The van der Waals surface area contributed by atoms with Gasteiger partial charge in [-0.1, -0.05) is 0 Å². The molecule has 1 aromatic heterocycles. The second-order valence-electron chi connectivity index (χ2n) is 6.88. The molecule has 5 heteroatoms. The van der Waals surface area contributed by atoms with Crippen LogP contribution in [0.5, 0.6) is 5.75 Å². The summed E-state index contributed by atoms with van der Waals surface area (Å²) < 4.78 is 10.9. The van der Waals surface area contributed by atoms with E-state index in [1.807, 2.05) is 27.7 Å². The molecular weight excluding hydrogens is 306 g/mol. The molecule has 1 amide bonds. The monoisotopic (exact) mass is 331 g/mol. The molecule has 0 spiro atoms. The Bertz CT molecular complexity index is 641. The van der Waals surface area contributed by atoms with Crippen molar-refractivity contribution in [3.63, 3.8) is 0 Å². The van der Waals surface area contributed by atoms with Crippen molar-refractivity contribution in [3.8, 4) is 5.75 Å². The van der Waals surface area contributed by atoms with Crippen molar-refractivity contribution in [2.24, 2.45) is 0 Å². The Kier molecular flexibility index (Phi) is 5.67. The number of furan rings is 1. The van der Waals surface area contributed by atoms with Crippen LogP contribution in [-0.4, -0.2) is 22.7 Å². The molecule has 130 valence electrons. The molecular formula is C19H25NO4. The molecule has 2 rings (SSSR count). The molecule has 2 N–H and O–H groups in total. The molecule has 0 saturated carbocycles. The van der Waals surface area contributed by atoms with E-state index in [4.69, 9.17) is 9.15 Å². The molecule has 5 nitrogen and oxygen atoms in total. The van der Waals surface area contributed by atoms with Crippen LogP contribution in [0.15, 0.2) is 47.1 Å². The van der Waals surface area contributed by atoms with Crippen LogP contribution in [0.25, 0.3) is 0 Å². The molecule has 2 atom stereocenters. The highest BCUT2D eigenvalue weighted by atomic mass is 16.5. The topological polar surface area (TPSA) is 71.7 Å². The van der Waals surface area contributed by atoms with Crippen molar-refractivity contribution in [2.45, 2.75) is 51.9 Å². The average Bonchev–Trinajstić information content (AvgIpc) is 3.00. The Morgan fingerprint density at radius 2 is 1.92 bits per heavy atom. The van der Waals surface area contributed by atoms with Gasteiger partial charge in [0.05, 0.1) is 6.26 Å². The van der Waals surface area contributed by atoms with Gasteiger partial charge in [0, 0.05) is 18.0 Å². The quantitative estimate of drug-likeness (QED) is 0.846. The summed E-state index contributed by atoms with van der Waals surface area (Å²) in [6.07, 6.45) is 1.16. The van der Waals surface area contributed by atoms with Gasteiger partial charge >= 0.3 is 0 Å². The van der Waals surface area contributed by atoms with Gasteiger partial charge in [0.1, 0.15) is 23.2 Å². The van der Waals surface area contributed by atoms with Crippen molar-refractivity contribution in [1.29, 1.82) is 0 Å². The summed E-state index contributed by atoms with van der Waals surface area (Å²) in [5.41, 5.74) is 0.274. The van der Waals surface area contributed by atoms with Crippen molar-refractivity contribution < 1.29 is 19.1 Å². The fourth-order valence-corrected chi connectivity index (χ4v) is 2.33. The van der Waals surface area contributed by atoms with Gasteiger partial charge in [-0.15, -0.1) is 0 Å². The SMILES string of the molecule is CC(CC(O)c1ccco1)NC(=O)c1ccc(OC(C)(C)C)cc1. The first-order valence-electron chi connectivity index (χ1n) is 8.06. The molecule has 0 aliphatic heterocycles. The van der Waals surface area contributed by atoms with Crippen LogP contribution in [0.4, 0.5) is 0 Å². The maximum Gasteiger partial charge on any atom is 0.251 e. The van der Waals surface area contributed by atoms with Crippen molar-refractivity contribution in [1.82, 2.24) is 5.32 Å². The molecule has 0 aliphatic rings. The Hall–Kier alpha value is -2.27. The molecule has 2 aromatic rings. The highest BCUT2D eigenvalue weighted by molar-refractivity contribution is 5.94. The maximum atomic E-state index is 12.3. The zero-order valence-corrected chi connectivity index (χ0v) is 14.6. The summed E-state index contributed by atoms with van der Waals surface area (Å²) in [4.78, 5) is 12.3. The van der Waals surface area contributed by atoms with E-state index >= 15 is 0 Å². The van der Waals surface area contributed by atoms with Crippen LogP contribution >= 0.6 is 0 Å². The number of amides is 1. The summed E-state index contributed by atoms with van der Waals surface area (Å²) in [7, 11) is 0. The van der Waals surface area contributed by atoms with E-state index in [2.05, 4.69) is 5.32 Å². The van der Waals surface area contributed by atoms with Crippen LogP contribution in [0.3, 0.4) is 0 Å².